The Morgan fingerprint density at radius 2 is 1.89 bits per heavy atom. The number of nitrogens with zero attached hydrogens (tertiary/aromatic N) is 3. The smallest absolute Gasteiger partial charge is 0.166 e. The molecule has 94 valence electrons. The Morgan fingerprint density at radius 3 is 2.67 bits per heavy atom. The monoisotopic (exact) mass is 242 g/mol. The lowest BCUT2D eigenvalue weighted by Crippen LogP contribution is -2.13. The zero-order chi connectivity index (χ0) is 12.4. The molecule has 1 aromatic carbocycles. The van der Waals surface area contributed by atoms with Gasteiger partial charge in [-0.2, -0.15) is 0 Å². The largest absolute Gasteiger partial charge is 0.398 e. The summed E-state index contributed by atoms with van der Waals surface area (Å²) in [5.41, 5.74) is 7.78. The number of hydrogen-bond donors (Lipinski definition) is 1. The van der Waals surface area contributed by atoms with Gasteiger partial charge in [0.15, 0.2) is 5.82 Å². The summed E-state index contributed by atoms with van der Waals surface area (Å²) in [6.45, 7) is 0. The molecule has 4 heteroatoms. The van der Waals surface area contributed by atoms with Crippen molar-refractivity contribution in [2.75, 3.05) is 5.73 Å². The second kappa shape index (κ2) is 4.80. The molecule has 18 heavy (non-hydrogen) atoms. The molecule has 0 unspecified atom stereocenters. The minimum atomic E-state index is 0.531. The lowest BCUT2D eigenvalue weighted by Gasteiger charge is -2.24. The molecule has 1 aromatic heterocycles. The SMILES string of the molecule is Nc1ccccc1-c1nncn1C1CCCCC1. The molecule has 3 rings (SSSR count). The van der Waals surface area contributed by atoms with Crippen molar-refractivity contribution < 1.29 is 0 Å². The Morgan fingerprint density at radius 1 is 1.11 bits per heavy atom. The first-order chi connectivity index (χ1) is 8.86. The molecule has 1 aliphatic rings. The maximum absolute atomic E-state index is 6.03. The molecule has 2 N–H and O–H groups in total. The Bertz CT molecular complexity index is 526. The molecule has 0 spiro atoms. The summed E-state index contributed by atoms with van der Waals surface area (Å²) >= 11 is 0. The van der Waals surface area contributed by atoms with Crippen LogP contribution in [0.15, 0.2) is 30.6 Å². The molecule has 0 amide bonds. The predicted octanol–water partition coefficient (Wildman–Crippen LogP) is 3.03. The van der Waals surface area contributed by atoms with Crippen LogP contribution in [0.25, 0.3) is 11.4 Å². The topological polar surface area (TPSA) is 56.7 Å². The van der Waals surface area contributed by atoms with Crippen molar-refractivity contribution in [1.82, 2.24) is 14.8 Å². The van der Waals surface area contributed by atoms with Gasteiger partial charge in [0.05, 0.1) is 0 Å². The van der Waals surface area contributed by atoms with Crippen molar-refractivity contribution in [3.8, 4) is 11.4 Å². The molecule has 2 aromatic rings. The van der Waals surface area contributed by atoms with E-state index in [-0.39, 0.29) is 0 Å². The van der Waals surface area contributed by atoms with E-state index < -0.39 is 0 Å². The van der Waals surface area contributed by atoms with Gasteiger partial charge in [-0.15, -0.1) is 10.2 Å². The highest BCUT2D eigenvalue weighted by Crippen LogP contribution is 2.32. The summed E-state index contributed by atoms with van der Waals surface area (Å²) in [5, 5.41) is 8.33. The fourth-order valence-corrected chi connectivity index (χ4v) is 2.76. The van der Waals surface area contributed by atoms with Crippen LogP contribution < -0.4 is 5.73 Å². The van der Waals surface area contributed by atoms with Crippen molar-refractivity contribution in [3.05, 3.63) is 30.6 Å². The van der Waals surface area contributed by atoms with Gasteiger partial charge in [-0.25, -0.2) is 0 Å². The van der Waals surface area contributed by atoms with E-state index in [0.29, 0.717) is 6.04 Å². The molecule has 1 heterocycles. The third-order valence-electron chi connectivity index (χ3n) is 3.74. The molecule has 1 fully saturated rings. The zero-order valence-electron chi connectivity index (χ0n) is 10.4. The van der Waals surface area contributed by atoms with E-state index in [4.69, 9.17) is 5.73 Å². The van der Waals surface area contributed by atoms with Gasteiger partial charge in [0, 0.05) is 17.3 Å². The number of anilines is 1. The predicted molar refractivity (Wildman–Crippen MR) is 72.0 cm³/mol. The highest BCUT2D eigenvalue weighted by atomic mass is 15.3. The van der Waals surface area contributed by atoms with E-state index in [1.54, 1.807) is 0 Å². The number of nitrogens with two attached hydrogens (primary N) is 1. The molecule has 4 nitrogen and oxygen atoms in total. The van der Waals surface area contributed by atoms with Crippen LogP contribution in [0, 0.1) is 0 Å². The van der Waals surface area contributed by atoms with Gasteiger partial charge in [-0.05, 0) is 25.0 Å². The maximum atomic E-state index is 6.03. The number of benzene rings is 1. The number of rotatable bonds is 2. The van der Waals surface area contributed by atoms with Crippen molar-refractivity contribution in [2.45, 2.75) is 38.1 Å². The zero-order valence-corrected chi connectivity index (χ0v) is 10.4. The summed E-state index contributed by atoms with van der Waals surface area (Å²) in [7, 11) is 0. The molecule has 0 saturated heterocycles. The Kier molecular flexibility index (Phi) is 3.00. The van der Waals surface area contributed by atoms with Crippen LogP contribution in [-0.2, 0) is 0 Å². The standard InChI is InChI=1S/C14H18N4/c15-13-9-5-4-8-12(13)14-17-16-10-18(14)11-6-2-1-3-7-11/h4-5,8-11H,1-3,6-7,15H2. The van der Waals surface area contributed by atoms with Gasteiger partial charge in [0.1, 0.15) is 6.33 Å². The molecule has 0 aliphatic heterocycles. The summed E-state index contributed by atoms with van der Waals surface area (Å²) < 4.78 is 2.20. The third-order valence-corrected chi connectivity index (χ3v) is 3.74. The van der Waals surface area contributed by atoms with Crippen molar-refractivity contribution >= 4 is 5.69 Å². The molecule has 1 saturated carbocycles. The van der Waals surface area contributed by atoms with E-state index in [9.17, 15) is 0 Å². The third kappa shape index (κ3) is 1.98. The van der Waals surface area contributed by atoms with E-state index in [2.05, 4.69) is 14.8 Å². The minimum absolute atomic E-state index is 0.531. The number of hydrogen-bond acceptors (Lipinski definition) is 3. The van der Waals surface area contributed by atoms with Crippen molar-refractivity contribution in [2.24, 2.45) is 0 Å². The van der Waals surface area contributed by atoms with Gasteiger partial charge in [0.2, 0.25) is 0 Å². The lowest BCUT2D eigenvalue weighted by molar-refractivity contribution is 0.355. The molecule has 0 atom stereocenters. The molecule has 0 bridgehead atoms. The second-order valence-electron chi connectivity index (χ2n) is 4.94. The second-order valence-corrected chi connectivity index (χ2v) is 4.94. The van der Waals surface area contributed by atoms with Crippen molar-refractivity contribution in [1.29, 1.82) is 0 Å². The molecule has 0 radical (unpaired) electrons. The van der Waals surface area contributed by atoms with E-state index in [1.165, 1.54) is 32.1 Å². The highest BCUT2D eigenvalue weighted by molar-refractivity contribution is 5.71. The van der Waals surface area contributed by atoms with E-state index in [1.807, 2.05) is 30.6 Å². The number of aromatic nitrogens is 3. The van der Waals surface area contributed by atoms with Gasteiger partial charge in [-0.3, -0.25) is 0 Å². The lowest BCUT2D eigenvalue weighted by atomic mass is 9.95. The van der Waals surface area contributed by atoms with Gasteiger partial charge < -0.3 is 10.3 Å². The first-order valence-electron chi connectivity index (χ1n) is 6.60. The van der Waals surface area contributed by atoms with Crippen LogP contribution in [0.5, 0.6) is 0 Å². The van der Waals surface area contributed by atoms with E-state index in [0.717, 1.165) is 17.1 Å². The van der Waals surface area contributed by atoms with Gasteiger partial charge >= 0.3 is 0 Å². The average Bonchev–Trinajstić information content (AvgIpc) is 2.89. The molecular formula is C14H18N4. The Balaban J connectivity index is 1.98. The highest BCUT2D eigenvalue weighted by Gasteiger charge is 2.19. The van der Waals surface area contributed by atoms with Gasteiger partial charge in [-0.1, -0.05) is 31.4 Å². The average molecular weight is 242 g/mol. The maximum Gasteiger partial charge on any atom is 0.166 e. The molecular weight excluding hydrogens is 224 g/mol. The van der Waals surface area contributed by atoms with E-state index >= 15 is 0 Å². The number of nitrogen functional groups attached to an aromatic ring is 1. The minimum Gasteiger partial charge on any atom is -0.398 e. The van der Waals surface area contributed by atoms with Gasteiger partial charge in [0.25, 0.3) is 0 Å². The normalized spacial score (nSPS) is 16.9. The summed E-state index contributed by atoms with van der Waals surface area (Å²) in [6.07, 6.45) is 8.23. The van der Waals surface area contributed by atoms with Crippen LogP contribution in [0.2, 0.25) is 0 Å². The quantitative estimate of drug-likeness (QED) is 0.823. The van der Waals surface area contributed by atoms with Crippen LogP contribution in [0.3, 0.4) is 0 Å². The first-order valence-corrected chi connectivity index (χ1v) is 6.60. The molecule has 1 aliphatic carbocycles. The van der Waals surface area contributed by atoms with Crippen LogP contribution in [0.1, 0.15) is 38.1 Å². The number of para-hydroxylation sites is 1. The van der Waals surface area contributed by atoms with Crippen molar-refractivity contribution in [3.63, 3.8) is 0 Å². The Hall–Kier alpha value is -1.84. The summed E-state index contributed by atoms with van der Waals surface area (Å²) in [5.74, 6) is 0.903. The Labute approximate surface area is 107 Å². The van der Waals surface area contributed by atoms with Crippen LogP contribution in [-0.4, -0.2) is 14.8 Å². The fraction of sp³-hybridized carbons (Fsp3) is 0.429. The summed E-state index contributed by atoms with van der Waals surface area (Å²) in [4.78, 5) is 0. The summed E-state index contributed by atoms with van der Waals surface area (Å²) in [6, 6.07) is 8.39. The first kappa shape index (κ1) is 11.3. The van der Waals surface area contributed by atoms with Crippen LogP contribution in [0.4, 0.5) is 5.69 Å². The fourth-order valence-electron chi connectivity index (χ4n) is 2.76. The van der Waals surface area contributed by atoms with Crippen LogP contribution >= 0.6 is 0 Å².